The lowest BCUT2D eigenvalue weighted by Gasteiger charge is -2.30. The molecule has 1 aromatic heterocycles. The molecule has 2 N–H and O–H groups in total. The summed E-state index contributed by atoms with van der Waals surface area (Å²) in [4.78, 5) is 2.33. The van der Waals surface area contributed by atoms with Crippen LogP contribution in [-0.4, -0.2) is 28.9 Å². The van der Waals surface area contributed by atoms with Crippen LogP contribution in [0.5, 0.6) is 0 Å². The fraction of sp³-hybridized carbons (Fsp3) is 0.350. The fourth-order valence-electron chi connectivity index (χ4n) is 3.26. The lowest BCUT2D eigenvalue weighted by molar-refractivity contribution is 0.497. The summed E-state index contributed by atoms with van der Waals surface area (Å²) in [6.45, 7) is 7.77. The number of halogens is 1. The van der Waals surface area contributed by atoms with Crippen molar-refractivity contribution in [2.75, 3.05) is 18.0 Å². The Morgan fingerprint density at radius 3 is 2.76 bits per heavy atom. The van der Waals surface area contributed by atoms with Gasteiger partial charge in [-0.15, -0.1) is 5.10 Å². The number of anilines is 1. The predicted octanol–water partition coefficient (Wildman–Crippen LogP) is 2.50. The summed E-state index contributed by atoms with van der Waals surface area (Å²) < 4.78 is 1.99. The van der Waals surface area contributed by atoms with Gasteiger partial charge in [0, 0.05) is 35.8 Å². The minimum absolute atomic E-state index is 0.294. The normalized spacial score (nSPS) is 20.5. The monoisotopic (exact) mass is 356 g/mol. The summed E-state index contributed by atoms with van der Waals surface area (Å²) in [6.07, 6.45) is 16.8. The van der Waals surface area contributed by atoms with Gasteiger partial charge in [0.25, 0.3) is 0 Å². The van der Waals surface area contributed by atoms with Crippen molar-refractivity contribution < 1.29 is 0 Å². The third kappa shape index (κ3) is 3.80. The van der Waals surface area contributed by atoms with E-state index in [1.165, 1.54) is 0 Å². The van der Waals surface area contributed by atoms with Gasteiger partial charge in [-0.25, -0.2) is 4.68 Å². The third-order valence-corrected chi connectivity index (χ3v) is 4.90. The van der Waals surface area contributed by atoms with E-state index in [1.54, 1.807) is 0 Å². The topological polar surface area (TPSA) is 47.1 Å². The first-order valence-corrected chi connectivity index (χ1v) is 9.13. The summed E-state index contributed by atoms with van der Waals surface area (Å²) in [7, 11) is 0. The van der Waals surface area contributed by atoms with Crippen LogP contribution in [0.2, 0.25) is 0 Å². The molecule has 1 aliphatic carbocycles. The van der Waals surface area contributed by atoms with Gasteiger partial charge in [-0.2, -0.15) is 0 Å². The van der Waals surface area contributed by atoms with Crippen LogP contribution in [0.25, 0.3) is 17.8 Å². The average molecular weight is 357 g/mol. The summed E-state index contributed by atoms with van der Waals surface area (Å²) in [5.41, 5.74) is 7.06. The van der Waals surface area contributed by atoms with E-state index in [2.05, 4.69) is 29.7 Å². The molecule has 0 atom stereocenters. The first kappa shape index (κ1) is 17.8. The lowest BCUT2D eigenvalue weighted by atomic mass is 10.1. The second-order valence-electron chi connectivity index (χ2n) is 6.36. The first-order valence-electron chi connectivity index (χ1n) is 8.76. The van der Waals surface area contributed by atoms with Crippen LogP contribution in [0, 0.1) is 0 Å². The minimum atomic E-state index is 0.294. The lowest BCUT2D eigenvalue weighted by Crippen LogP contribution is -2.42. The van der Waals surface area contributed by atoms with Crippen molar-refractivity contribution in [3.63, 3.8) is 0 Å². The standard InChI is InChI=1S/C20H25ClN4/c1-3-6-18-19(4-2)25(17-8-5-7-15(21)9-10-17)23-20(18)24-13-11-16(22)12-14-24/h3-6,8-10,16H,1,7,11-14,22H2,2H3/b18-6+,19-4+. The summed E-state index contributed by atoms with van der Waals surface area (Å²) >= 11 is 6.16. The third-order valence-electron chi connectivity index (χ3n) is 4.62. The number of hydrogen-bond acceptors (Lipinski definition) is 3. The summed E-state index contributed by atoms with van der Waals surface area (Å²) in [6, 6.07) is 0.294. The molecule has 0 saturated carbocycles. The zero-order valence-electron chi connectivity index (χ0n) is 14.7. The van der Waals surface area contributed by atoms with Gasteiger partial charge >= 0.3 is 0 Å². The molecule has 132 valence electrons. The zero-order chi connectivity index (χ0) is 17.8. The molecule has 25 heavy (non-hydrogen) atoms. The smallest absolute Gasteiger partial charge is 0.159 e. The largest absolute Gasteiger partial charge is 0.355 e. The van der Waals surface area contributed by atoms with E-state index in [1.807, 2.05) is 35.9 Å². The maximum atomic E-state index is 6.16. The molecule has 1 aliphatic heterocycles. The van der Waals surface area contributed by atoms with Crippen LogP contribution in [0.15, 0.2) is 42.0 Å². The van der Waals surface area contributed by atoms with E-state index in [0.717, 1.165) is 59.5 Å². The number of aromatic nitrogens is 2. The molecule has 5 heteroatoms. The molecule has 1 fully saturated rings. The number of nitrogens with two attached hydrogens (primary N) is 1. The number of nitrogens with zero attached hydrogens (tertiary/aromatic N) is 3. The predicted molar refractivity (Wildman–Crippen MR) is 108 cm³/mol. The Morgan fingerprint density at radius 1 is 1.32 bits per heavy atom. The maximum Gasteiger partial charge on any atom is 0.159 e. The fourth-order valence-corrected chi connectivity index (χ4v) is 3.41. The van der Waals surface area contributed by atoms with Crippen molar-refractivity contribution in [2.24, 2.45) is 5.73 Å². The van der Waals surface area contributed by atoms with Crippen LogP contribution in [-0.2, 0) is 0 Å². The molecule has 0 radical (unpaired) electrons. The summed E-state index contributed by atoms with van der Waals surface area (Å²) in [5.74, 6) is 0.994. The van der Waals surface area contributed by atoms with E-state index in [4.69, 9.17) is 22.4 Å². The van der Waals surface area contributed by atoms with Crippen molar-refractivity contribution in [3.05, 3.63) is 52.6 Å². The second-order valence-corrected chi connectivity index (χ2v) is 6.85. The second kappa shape index (κ2) is 7.89. The Bertz CT molecular complexity index is 849. The van der Waals surface area contributed by atoms with Gasteiger partial charge in [0.2, 0.25) is 0 Å². The first-order chi connectivity index (χ1) is 12.1. The highest BCUT2D eigenvalue weighted by atomic mass is 35.5. The van der Waals surface area contributed by atoms with Crippen molar-refractivity contribution in [1.29, 1.82) is 0 Å². The molecule has 1 saturated heterocycles. The molecule has 0 bridgehead atoms. The van der Waals surface area contributed by atoms with Gasteiger partial charge in [0.05, 0.1) is 11.0 Å². The van der Waals surface area contributed by atoms with Gasteiger partial charge < -0.3 is 10.6 Å². The van der Waals surface area contributed by atoms with Gasteiger partial charge in [0.1, 0.15) is 0 Å². The Labute approximate surface area is 153 Å². The highest BCUT2D eigenvalue weighted by Gasteiger charge is 2.20. The molecule has 1 aromatic rings. The van der Waals surface area contributed by atoms with Crippen LogP contribution in [0.1, 0.15) is 26.2 Å². The molecular formula is C20H25ClN4. The molecule has 0 unspecified atom stereocenters. The number of rotatable bonds is 3. The minimum Gasteiger partial charge on any atom is -0.355 e. The highest BCUT2D eigenvalue weighted by molar-refractivity contribution is 6.29. The van der Waals surface area contributed by atoms with Crippen LogP contribution < -0.4 is 21.2 Å². The van der Waals surface area contributed by atoms with Crippen molar-refractivity contribution in [2.45, 2.75) is 32.2 Å². The molecule has 2 heterocycles. The zero-order valence-corrected chi connectivity index (χ0v) is 15.4. The van der Waals surface area contributed by atoms with Crippen LogP contribution >= 0.6 is 11.6 Å². The molecule has 0 aromatic carbocycles. The Balaban J connectivity index is 2.13. The van der Waals surface area contributed by atoms with Gasteiger partial charge in [-0.3, -0.25) is 0 Å². The number of allylic oxidation sites excluding steroid dienone is 7. The van der Waals surface area contributed by atoms with E-state index < -0.39 is 0 Å². The van der Waals surface area contributed by atoms with E-state index >= 15 is 0 Å². The van der Waals surface area contributed by atoms with Gasteiger partial charge in [0.15, 0.2) is 5.82 Å². The van der Waals surface area contributed by atoms with E-state index in [9.17, 15) is 0 Å². The Morgan fingerprint density at radius 2 is 2.08 bits per heavy atom. The van der Waals surface area contributed by atoms with Gasteiger partial charge in [-0.1, -0.05) is 36.4 Å². The Kier molecular flexibility index (Phi) is 5.61. The van der Waals surface area contributed by atoms with Gasteiger partial charge in [-0.05, 0) is 44.1 Å². The number of hydrogen-bond donors (Lipinski definition) is 1. The molecule has 2 aliphatic rings. The summed E-state index contributed by atoms with van der Waals surface area (Å²) in [5, 5.41) is 7.92. The highest BCUT2D eigenvalue weighted by Crippen LogP contribution is 2.18. The van der Waals surface area contributed by atoms with Crippen LogP contribution in [0.4, 0.5) is 5.82 Å². The quantitative estimate of drug-likeness (QED) is 0.905. The number of piperidine rings is 1. The molecule has 0 amide bonds. The van der Waals surface area contributed by atoms with Crippen molar-refractivity contribution in [1.82, 2.24) is 9.78 Å². The molecule has 3 rings (SSSR count). The maximum absolute atomic E-state index is 6.16. The molecule has 4 nitrogen and oxygen atoms in total. The van der Waals surface area contributed by atoms with E-state index in [-0.39, 0.29) is 0 Å². The average Bonchev–Trinajstić information content (AvgIpc) is 2.82. The molecule has 0 spiro atoms. The molecular weight excluding hydrogens is 332 g/mol. The van der Waals surface area contributed by atoms with E-state index in [0.29, 0.717) is 6.04 Å². The van der Waals surface area contributed by atoms with Crippen molar-refractivity contribution in [3.8, 4) is 0 Å². The van der Waals surface area contributed by atoms with Crippen molar-refractivity contribution >= 4 is 35.3 Å². The van der Waals surface area contributed by atoms with Crippen LogP contribution in [0.3, 0.4) is 0 Å². The SMILES string of the molecule is C=C/C=c1/c(N2CCC(N)CC2)nn(C2=CC=C(Cl)CC=C2)/c1=C/C. The Hall–Kier alpha value is -2.04.